The Morgan fingerprint density at radius 3 is 2.39 bits per heavy atom. The molecule has 0 saturated carbocycles. The van der Waals surface area contributed by atoms with E-state index in [1.54, 1.807) is 0 Å². The van der Waals surface area contributed by atoms with Crippen LogP contribution in [0, 0.1) is 0 Å². The summed E-state index contributed by atoms with van der Waals surface area (Å²) >= 11 is 0. The van der Waals surface area contributed by atoms with Gasteiger partial charge in [0.1, 0.15) is 0 Å². The van der Waals surface area contributed by atoms with Crippen LogP contribution in [-0.4, -0.2) is 35.2 Å². The van der Waals surface area contributed by atoms with Crippen molar-refractivity contribution in [2.75, 3.05) is 19.6 Å². The summed E-state index contributed by atoms with van der Waals surface area (Å²) < 4.78 is 0. The van der Waals surface area contributed by atoms with E-state index in [-0.39, 0.29) is 6.04 Å². The Balaban J connectivity index is 2.43. The molecule has 0 radical (unpaired) electrons. The number of rotatable bonds is 7. The third-order valence-corrected chi connectivity index (χ3v) is 3.04. The van der Waals surface area contributed by atoms with Crippen LogP contribution in [0.5, 0.6) is 0 Å². The second kappa shape index (κ2) is 6.88. The van der Waals surface area contributed by atoms with E-state index in [2.05, 4.69) is 24.0 Å². The summed E-state index contributed by atoms with van der Waals surface area (Å²) in [5.41, 5.74) is 6.70. The lowest BCUT2D eigenvalue weighted by atomic mass is 10.0. The van der Waals surface area contributed by atoms with Gasteiger partial charge in [0, 0.05) is 19.1 Å². The van der Waals surface area contributed by atoms with Gasteiger partial charge >= 0.3 is 0 Å². The molecule has 3 nitrogen and oxygen atoms in total. The predicted octanol–water partition coefficient (Wildman–Crippen LogP) is 2.17. The number of nitrogens with zero attached hydrogens (tertiary/aromatic N) is 1. The molecule has 1 rings (SSSR count). The third kappa shape index (κ3) is 5.63. The van der Waals surface area contributed by atoms with Crippen molar-refractivity contribution in [2.45, 2.75) is 38.8 Å². The first-order valence-corrected chi connectivity index (χ1v) is 6.67. The zero-order valence-electron chi connectivity index (χ0n) is 11.8. The zero-order valence-corrected chi connectivity index (χ0v) is 11.8. The first-order valence-electron chi connectivity index (χ1n) is 6.67. The Morgan fingerprint density at radius 2 is 1.89 bits per heavy atom. The standard InChI is InChI=1S/C15H26N2O/c1-4-17(12-15(2,3)18)11-10-14(16)13-8-6-5-7-9-13/h5-9,14,18H,4,10-12,16H2,1-3H3. The van der Waals surface area contributed by atoms with Crippen LogP contribution >= 0.6 is 0 Å². The minimum absolute atomic E-state index is 0.0713. The van der Waals surface area contributed by atoms with Gasteiger partial charge in [-0.05, 0) is 32.4 Å². The topological polar surface area (TPSA) is 49.5 Å². The molecule has 3 N–H and O–H groups in total. The lowest BCUT2D eigenvalue weighted by Gasteiger charge is -2.28. The summed E-state index contributed by atoms with van der Waals surface area (Å²) in [6.45, 7) is 8.33. The van der Waals surface area contributed by atoms with Crippen LogP contribution in [-0.2, 0) is 0 Å². The number of aliphatic hydroxyl groups is 1. The van der Waals surface area contributed by atoms with Crippen LogP contribution in [0.1, 0.15) is 38.8 Å². The molecule has 0 aliphatic rings. The highest BCUT2D eigenvalue weighted by Crippen LogP contribution is 2.14. The molecule has 0 heterocycles. The summed E-state index contributed by atoms with van der Waals surface area (Å²) in [5.74, 6) is 0. The van der Waals surface area contributed by atoms with Gasteiger partial charge in [-0.25, -0.2) is 0 Å². The van der Waals surface area contributed by atoms with E-state index < -0.39 is 5.60 Å². The monoisotopic (exact) mass is 250 g/mol. The second-order valence-corrected chi connectivity index (χ2v) is 5.49. The molecule has 0 spiro atoms. The molecule has 3 heteroatoms. The Morgan fingerprint density at radius 1 is 1.28 bits per heavy atom. The fourth-order valence-electron chi connectivity index (χ4n) is 2.08. The van der Waals surface area contributed by atoms with Gasteiger partial charge in [-0.3, -0.25) is 0 Å². The van der Waals surface area contributed by atoms with Crippen molar-refractivity contribution in [1.82, 2.24) is 4.90 Å². The number of hydrogen-bond acceptors (Lipinski definition) is 3. The van der Waals surface area contributed by atoms with Gasteiger partial charge in [-0.2, -0.15) is 0 Å². The van der Waals surface area contributed by atoms with Gasteiger partial charge < -0.3 is 15.7 Å². The van der Waals surface area contributed by atoms with Gasteiger partial charge in [-0.1, -0.05) is 37.3 Å². The van der Waals surface area contributed by atoms with Crippen LogP contribution in [0.25, 0.3) is 0 Å². The fraction of sp³-hybridized carbons (Fsp3) is 0.600. The van der Waals surface area contributed by atoms with Crippen LogP contribution in [0.15, 0.2) is 30.3 Å². The summed E-state index contributed by atoms with van der Waals surface area (Å²) in [4.78, 5) is 2.24. The maximum Gasteiger partial charge on any atom is 0.0718 e. The molecule has 0 aliphatic carbocycles. The Hall–Kier alpha value is -0.900. The third-order valence-electron chi connectivity index (χ3n) is 3.04. The number of hydrogen-bond donors (Lipinski definition) is 2. The van der Waals surface area contributed by atoms with Crippen LogP contribution < -0.4 is 5.73 Å². The molecular formula is C15H26N2O. The van der Waals surface area contributed by atoms with Crippen molar-refractivity contribution in [3.63, 3.8) is 0 Å². The molecular weight excluding hydrogens is 224 g/mol. The van der Waals surface area contributed by atoms with E-state index >= 15 is 0 Å². The summed E-state index contributed by atoms with van der Waals surface area (Å²) in [6, 6.07) is 10.2. The van der Waals surface area contributed by atoms with Crippen LogP contribution in [0.3, 0.4) is 0 Å². The SMILES string of the molecule is CCN(CCC(N)c1ccccc1)CC(C)(C)O. The van der Waals surface area contributed by atoms with E-state index in [0.29, 0.717) is 6.54 Å². The first-order chi connectivity index (χ1) is 8.42. The van der Waals surface area contributed by atoms with E-state index in [1.807, 2.05) is 32.0 Å². The average Bonchev–Trinajstić information content (AvgIpc) is 2.33. The van der Waals surface area contributed by atoms with Gasteiger partial charge in [0.15, 0.2) is 0 Å². The molecule has 1 unspecified atom stereocenters. The fourth-order valence-corrected chi connectivity index (χ4v) is 2.08. The molecule has 1 aromatic carbocycles. The molecule has 0 saturated heterocycles. The van der Waals surface area contributed by atoms with Gasteiger partial charge in [0.05, 0.1) is 5.60 Å². The molecule has 0 bridgehead atoms. The Labute approximate surface area is 111 Å². The highest BCUT2D eigenvalue weighted by Gasteiger charge is 2.17. The molecule has 102 valence electrons. The van der Waals surface area contributed by atoms with Gasteiger partial charge in [0.2, 0.25) is 0 Å². The number of benzene rings is 1. The van der Waals surface area contributed by atoms with Crippen molar-refractivity contribution in [1.29, 1.82) is 0 Å². The maximum atomic E-state index is 9.83. The van der Waals surface area contributed by atoms with Crippen molar-refractivity contribution in [3.8, 4) is 0 Å². The zero-order chi connectivity index (χ0) is 13.6. The largest absolute Gasteiger partial charge is 0.389 e. The predicted molar refractivity (Wildman–Crippen MR) is 76.4 cm³/mol. The lowest BCUT2D eigenvalue weighted by Crippen LogP contribution is -2.39. The normalized spacial score (nSPS) is 13.9. The van der Waals surface area contributed by atoms with E-state index in [9.17, 15) is 5.11 Å². The molecule has 18 heavy (non-hydrogen) atoms. The van der Waals surface area contributed by atoms with E-state index in [4.69, 9.17) is 5.73 Å². The minimum atomic E-state index is -0.646. The highest BCUT2D eigenvalue weighted by molar-refractivity contribution is 5.18. The molecule has 0 amide bonds. The van der Waals surface area contributed by atoms with E-state index in [1.165, 1.54) is 5.56 Å². The number of likely N-dealkylation sites (N-methyl/N-ethyl adjacent to an activating group) is 1. The molecule has 0 fully saturated rings. The van der Waals surface area contributed by atoms with Crippen molar-refractivity contribution in [2.24, 2.45) is 5.73 Å². The summed E-state index contributed by atoms with van der Waals surface area (Å²) in [5, 5.41) is 9.83. The Kier molecular flexibility index (Phi) is 5.79. The first kappa shape index (κ1) is 15.2. The summed E-state index contributed by atoms with van der Waals surface area (Å²) in [6.07, 6.45) is 0.911. The smallest absolute Gasteiger partial charge is 0.0718 e. The molecule has 0 aromatic heterocycles. The van der Waals surface area contributed by atoms with Gasteiger partial charge in [0.25, 0.3) is 0 Å². The van der Waals surface area contributed by atoms with Crippen LogP contribution in [0.2, 0.25) is 0 Å². The molecule has 1 atom stereocenters. The molecule has 0 aliphatic heterocycles. The van der Waals surface area contributed by atoms with Crippen molar-refractivity contribution < 1.29 is 5.11 Å². The van der Waals surface area contributed by atoms with E-state index in [0.717, 1.165) is 19.5 Å². The summed E-state index contributed by atoms with van der Waals surface area (Å²) in [7, 11) is 0. The van der Waals surface area contributed by atoms with Crippen molar-refractivity contribution >= 4 is 0 Å². The Bertz CT molecular complexity index is 332. The van der Waals surface area contributed by atoms with Crippen LogP contribution in [0.4, 0.5) is 0 Å². The average molecular weight is 250 g/mol. The lowest BCUT2D eigenvalue weighted by molar-refractivity contribution is 0.0370. The minimum Gasteiger partial charge on any atom is -0.389 e. The second-order valence-electron chi connectivity index (χ2n) is 5.49. The molecule has 1 aromatic rings. The van der Waals surface area contributed by atoms with Crippen molar-refractivity contribution in [3.05, 3.63) is 35.9 Å². The quantitative estimate of drug-likeness (QED) is 0.780. The maximum absolute atomic E-state index is 9.83. The number of nitrogens with two attached hydrogens (primary N) is 1. The van der Waals surface area contributed by atoms with Gasteiger partial charge in [-0.15, -0.1) is 0 Å². The highest BCUT2D eigenvalue weighted by atomic mass is 16.3.